The van der Waals surface area contributed by atoms with Crippen molar-refractivity contribution in [3.8, 4) is 0 Å². The number of hydrogen-bond acceptors (Lipinski definition) is 6. The molecule has 42 heavy (non-hydrogen) atoms. The van der Waals surface area contributed by atoms with Crippen LogP contribution in [-0.4, -0.2) is 52.1 Å². The molecule has 10 atom stereocenters. The monoisotopic (exact) mass is 585 g/mol. The van der Waals surface area contributed by atoms with Crippen LogP contribution >= 0.6 is 0 Å². The Morgan fingerprint density at radius 2 is 1.95 bits per heavy atom. The lowest BCUT2D eigenvalue weighted by Crippen LogP contribution is -2.71. The molecule has 3 N–H and O–H groups in total. The summed E-state index contributed by atoms with van der Waals surface area (Å²) in [7, 11) is 0. The van der Waals surface area contributed by atoms with Crippen molar-refractivity contribution in [2.75, 3.05) is 13.2 Å². The van der Waals surface area contributed by atoms with Crippen molar-refractivity contribution in [1.29, 1.82) is 0 Å². The van der Waals surface area contributed by atoms with E-state index >= 15 is 0 Å². The highest BCUT2D eigenvalue weighted by molar-refractivity contribution is 5.60. The van der Waals surface area contributed by atoms with Crippen molar-refractivity contribution in [2.24, 2.45) is 46.3 Å². The van der Waals surface area contributed by atoms with Crippen LogP contribution in [-0.2, 0) is 15.9 Å². The minimum atomic E-state index is -0.937. The second kappa shape index (κ2) is 12.8. The molecule has 5 rings (SSSR count). The number of nitrogens with one attached hydrogen (secondary N) is 2. The van der Waals surface area contributed by atoms with Gasteiger partial charge >= 0.3 is 6.16 Å². The van der Waals surface area contributed by atoms with Gasteiger partial charge in [-0.3, -0.25) is 0 Å². The topological polar surface area (TPSA) is 96.5 Å². The van der Waals surface area contributed by atoms with Gasteiger partial charge in [0.05, 0.1) is 18.5 Å². The third-order valence-electron chi connectivity index (χ3n) is 12.9. The van der Waals surface area contributed by atoms with Gasteiger partial charge in [-0.15, -0.1) is 0 Å². The number of carbonyl (C=O) groups excluding carboxylic acids is 1. The SMILES string of the molecule is CCOC(=O)O[C@H]1CC[C@]2(C)C3CC[C@@]4(C)C(CC[C@@H]4C(C)CCCC(C)C)C3C[C@@H](NCCc3cnc[nH]3)[C@@]2(O)C1. The summed E-state index contributed by atoms with van der Waals surface area (Å²) in [6.45, 7) is 15.1. The molecular formula is C35H59N3O4. The maximum absolute atomic E-state index is 12.8. The molecule has 0 aliphatic heterocycles. The fourth-order valence-electron chi connectivity index (χ4n) is 10.7. The van der Waals surface area contributed by atoms with E-state index < -0.39 is 11.8 Å². The zero-order valence-electron chi connectivity index (χ0n) is 27.3. The summed E-state index contributed by atoms with van der Waals surface area (Å²) >= 11 is 0. The Bertz CT molecular complexity index is 1030. The van der Waals surface area contributed by atoms with E-state index in [-0.39, 0.29) is 17.6 Å². The molecule has 0 amide bonds. The first-order chi connectivity index (χ1) is 20.0. The summed E-state index contributed by atoms with van der Waals surface area (Å²) < 4.78 is 10.9. The minimum Gasteiger partial charge on any atom is -0.435 e. The third kappa shape index (κ3) is 5.90. The van der Waals surface area contributed by atoms with Gasteiger partial charge in [0.15, 0.2) is 0 Å². The number of fused-ring (bicyclic) bond motifs is 5. The summed E-state index contributed by atoms with van der Waals surface area (Å²) in [4.78, 5) is 19.7. The number of imidazole rings is 1. The van der Waals surface area contributed by atoms with E-state index in [1.165, 1.54) is 44.9 Å². The predicted molar refractivity (Wildman–Crippen MR) is 166 cm³/mol. The standard InChI is InChI=1S/C35H59N3O4/c1-7-41-32(39)42-26-13-17-34(6)30-14-16-33(5)28(24(4)10-8-9-23(2)3)11-12-29(33)27(30)19-31(35(34,40)20-26)37-18-15-25-21-36-22-38-25/h21-24,26-31,37,40H,7-20H2,1-6H3,(H,36,38)/t24?,26-,27?,28+,29?,30?,31+,33+,34+,35-/m0/s1. The van der Waals surface area contributed by atoms with E-state index in [0.29, 0.717) is 30.3 Å². The second-order valence-electron chi connectivity index (χ2n) is 15.5. The number of nitrogens with zero attached hydrogens (tertiary/aromatic N) is 1. The van der Waals surface area contributed by atoms with Gasteiger partial charge in [0.2, 0.25) is 0 Å². The molecule has 238 valence electrons. The summed E-state index contributed by atoms with van der Waals surface area (Å²) in [6, 6.07) is -0.0369. The quantitative estimate of drug-likeness (QED) is 0.236. The molecule has 4 unspecified atom stereocenters. The van der Waals surface area contributed by atoms with Gasteiger partial charge in [0.1, 0.15) is 6.10 Å². The average molecular weight is 586 g/mol. The second-order valence-corrected chi connectivity index (χ2v) is 15.5. The number of ether oxygens (including phenoxy) is 2. The molecule has 0 saturated heterocycles. The first-order valence-electron chi connectivity index (χ1n) is 17.3. The van der Waals surface area contributed by atoms with Crippen LogP contribution in [0.1, 0.15) is 118 Å². The zero-order valence-corrected chi connectivity index (χ0v) is 27.3. The Morgan fingerprint density at radius 1 is 1.14 bits per heavy atom. The van der Waals surface area contributed by atoms with Crippen molar-refractivity contribution >= 4 is 6.16 Å². The summed E-state index contributed by atoms with van der Waals surface area (Å²) in [5, 5.41) is 16.6. The van der Waals surface area contributed by atoms with Gasteiger partial charge in [0.25, 0.3) is 0 Å². The smallest absolute Gasteiger partial charge is 0.435 e. The molecule has 4 saturated carbocycles. The first-order valence-corrected chi connectivity index (χ1v) is 17.3. The summed E-state index contributed by atoms with van der Waals surface area (Å²) in [6.07, 6.45) is 15.9. The van der Waals surface area contributed by atoms with E-state index in [0.717, 1.165) is 61.6 Å². The van der Waals surface area contributed by atoms with Crippen LogP contribution < -0.4 is 5.32 Å². The van der Waals surface area contributed by atoms with Crippen molar-refractivity contribution < 1.29 is 19.4 Å². The molecule has 4 aliphatic rings. The fraction of sp³-hybridized carbons (Fsp3) is 0.886. The highest BCUT2D eigenvalue weighted by Crippen LogP contribution is 2.69. The maximum Gasteiger partial charge on any atom is 0.508 e. The predicted octanol–water partition coefficient (Wildman–Crippen LogP) is 7.30. The molecule has 7 nitrogen and oxygen atoms in total. The van der Waals surface area contributed by atoms with E-state index in [2.05, 4.69) is 49.9 Å². The lowest BCUT2D eigenvalue weighted by Gasteiger charge is -2.66. The number of H-pyrrole nitrogens is 1. The Kier molecular flexibility index (Phi) is 9.69. The van der Waals surface area contributed by atoms with Gasteiger partial charge in [0, 0.05) is 42.7 Å². The lowest BCUT2D eigenvalue weighted by molar-refractivity contribution is -0.235. The molecule has 0 aromatic carbocycles. The first kappa shape index (κ1) is 31.8. The Balaban J connectivity index is 1.37. The largest absolute Gasteiger partial charge is 0.508 e. The summed E-state index contributed by atoms with van der Waals surface area (Å²) in [5.41, 5.74) is 0.356. The third-order valence-corrected chi connectivity index (χ3v) is 12.9. The molecule has 0 bridgehead atoms. The van der Waals surface area contributed by atoms with Crippen LogP contribution in [0.3, 0.4) is 0 Å². The Hall–Kier alpha value is -1.60. The van der Waals surface area contributed by atoms with Gasteiger partial charge in [-0.25, -0.2) is 9.78 Å². The number of aromatic nitrogens is 2. The number of aromatic amines is 1. The number of carbonyl (C=O) groups is 1. The van der Waals surface area contributed by atoms with Crippen LogP contribution in [0, 0.1) is 46.3 Å². The van der Waals surface area contributed by atoms with Crippen LogP contribution in [0.15, 0.2) is 12.5 Å². The highest BCUT2D eigenvalue weighted by Gasteiger charge is 2.67. The van der Waals surface area contributed by atoms with Crippen molar-refractivity contribution in [3.05, 3.63) is 18.2 Å². The molecule has 4 fully saturated rings. The van der Waals surface area contributed by atoms with Gasteiger partial charge in [-0.05, 0) is 92.8 Å². The maximum atomic E-state index is 12.8. The highest BCUT2D eigenvalue weighted by atomic mass is 16.7. The molecule has 1 aromatic heterocycles. The molecule has 1 heterocycles. The van der Waals surface area contributed by atoms with Crippen molar-refractivity contribution in [1.82, 2.24) is 15.3 Å². The van der Waals surface area contributed by atoms with E-state index in [9.17, 15) is 9.90 Å². The van der Waals surface area contributed by atoms with Crippen molar-refractivity contribution in [3.63, 3.8) is 0 Å². The van der Waals surface area contributed by atoms with E-state index in [1.54, 1.807) is 13.3 Å². The number of hydrogen-bond donors (Lipinski definition) is 3. The van der Waals surface area contributed by atoms with E-state index in [1.807, 2.05) is 6.20 Å². The molecule has 4 aliphatic carbocycles. The van der Waals surface area contributed by atoms with Crippen LogP contribution in [0.4, 0.5) is 4.79 Å². The van der Waals surface area contributed by atoms with Gasteiger partial charge in [-0.1, -0.05) is 53.9 Å². The molecular weight excluding hydrogens is 526 g/mol. The van der Waals surface area contributed by atoms with Crippen LogP contribution in [0.2, 0.25) is 0 Å². The molecule has 1 aromatic rings. The zero-order chi connectivity index (χ0) is 30.1. The fourth-order valence-corrected chi connectivity index (χ4v) is 10.7. The lowest BCUT2D eigenvalue weighted by atomic mass is 9.42. The minimum absolute atomic E-state index is 0.0369. The molecule has 7 heteroatoms. The Morgan fingerprint density at radius 3 is 2.67 bits per heavy atom. The van der Waals surface area contributed by atoms with E-state index in [4.69, 9.17) is 9.47 Å². The van der Waals surface area contributed by atoms with Crippen LogP contribution in [0.25, 0.3) is 0 Å². The van der Waals surface area contributed by atoms with Crippen molar-refractivity contribution in [2.45, 2.75) is 136 Å². The Labute approximate surface area is 254 Å². The average Bonchev–Trinajstić information content (AvgIpc) is 3.57. The van der Waals surface area contributed by atoms with Gasteiger partial charge in [-0.2, -0.15) is 0 Å². The normalized spacial score (nSPS) is 40.2. The molecule has 0 spiro atoms. The van der Waals surface area contributed by atoms with Gasteiger partial charge < -0.3 is 24.9 Å². The molecule has 0 radical (unpaired) electrons. The number of rotatable bonds is 11. The number of aliphatic hydroxyl groups is 1. The van der Waals surface area contributed by atoms with Crippen LogP contribution in [0.5, 0.6) is 0 Å². The summed E-state index contributed by atoms with van der Waals surface area (Å²) in [5.74, 6) is 4.23.